The topological polar surface area (TPSA) is 32.3 Å². The zero-order valence-corrected chi connectivity index (χ0v) is 12.9. The Morgan fingerprint density at radius 3 is 2.90 bits per heavy atom. The van der Waals surface area contributed by atoms with E-state index < -0.39 is 0 Å². The van der Waals surface area contributed by atoms with Crippen LogP contribution in [0.1, 0.15) is 17.7 Å². The van der Waals surface area contributed by atoms with E-state index in [-0.39, 0.29) is 5.91 Å². The summed E-state index contributed by atoms with van der Waals surface area (Å²) < 4.78 is 0. The molecule has 0 spiro atoms. The molecule has 3 rings (SSSR count). The molecule has 1 N–H and O–H groups in total. The number of hydrogen-bond acceptors (Lipinski definition) is 4. The largest absolute Gasteiger partial charge is 0.342 e. The molecule has 20 heavy (non-hydrogen) atoms. The van der Waals surface area contributed by atoms with Crippen molar-refractivity contribution in [1.29, 1.82) is 0 Å². The second-order valence-electron chi connectivity index (χ2n) is 4.97. The maximum absolute atomic E-state index is 11.9. The fraction of sp³-hybridized carbons (Fsp3) is 0.400. The van der Waals surface area contributed by atoms with Gasteiger partial charge in [-0.2, -0.15) is 0 Å². The first kappa shape index (κ1) is 13.8. The van der Waals surface area contributed by atoms with Gasteiger partial charge in [-0.15, -0.1) is 22.7 Å². The van der Waals surface area contributed by atoms with Gasteiger partial charge in [0.25, 0.3) is 0 Å². The second-order valence-corrected chi connectivity index (χ2v) is 6.91. The van der Waals surface area contributed by atoms with Crippen molar-refractivity contribution in [1.82, 2.24) is 10.2 Å². The third-order valence-electron chi connectivity index (χ3n) is 3.49. The Morgan fingerprint density at radius 2 is 2.15 bits per heavy atom. The Hall–Kier alpha value is -1.17. The van der Waals surface area contributed by atoms with Crippen molar-refractivity contribution in [3.8, 4) is 10.4 Å². The monoisotopic (exact) mass is 306 g/mol. The maximum atomic E-state index is 11.9. The molecule has 1 aliphatic heterocycles. The van der Waals surface area contributed by atoms with Crippen LogP contribution in [0.3, 0.4) is 0 Å². The van der Waals surface area contributed by atoms with E-state index >= 15 is 0 Å². The molecule has 1 saturated heterocycles. The number of carbonyl (C=O) groups excluding carboxylic acids is 1. The van der Waals surface area contributed by atoms with Gasteiger partial charge in [0.15, 0.2) is 0 Å². The number of carbonyl (C=O) groups is 1. The first-order chi connectivity index (χ1) is 9.83. The van der Waals surface area contributed by atoms with E-state index in [0.29, 0.717) is 6.54 Å². The average molecular weight is 306 g/mol. The van der Waals surface area contributed by atoms with Crippen molar-refractivity contribution in [3.05, 3.63) is 33.8 Å². The second kappa shape index (κ2) is 6.52. The van der Waals surface area contributed by atoms with Gasteiger partial charge in [0.05, 0.1) is 6.54 Å². The molecule has 0 aromatic carbocycles. The van der Waals surface area contributed by atoms with Gasteiger partial charge in [-0.3, -0.25) is 4.79 Å². The van der Waals surface area contributed by atoms with Gasteiger partial charge in [-0.05, 0) is 35.7 Å². The van der Waals surface area contributed by atoms with E-state index in [1.54, 1.807) is 22.7 Å². The van der Waals surface area contributed by atoms with E-state index in [0.717, 1.165) is 32.5 Å². The SMILES string of the molecule is O=C(CNCc1cc(-c2cccs2)cs1)N1CCCC1. The summed E-state index contributed by atoms with van der Waals surface area (Å²) in [6.07, 6.45) is 2.31. The predicted octanol–water partition coefficient (Wildman–Crippen LogP) is 3.19. The predicted molar refractivity (Wildman–Crippen MR) is 85.2 cm³/mol. The molecule has 3 nitrogen and oxygen atoms in total. The number of thiophene rings is 2. The summed E-state index contributed by atoms with van der Waals surface area (Å²) in [5.74, 6) is 0.234. The minimum Gasteiger partial charge on any atom is -0.342 e. The highest BCUT2D eigenvalue weighted by molar-refractivity contribution is 7.14. The van der Waals surface area contributed by atoms with Gasteiger partial charge in [-0.25, -0.2) is 0 Å². The van der Waals surface area contributed by atoms with Crippen LogP contribution in [0.5, 0.6) is 0 Å². The van der Waals surface area contributed by atoms with Gasteiger partial charge in [0.2, 0.25) is 5.91 Å². The van der Waals surface area contributed by atoms with E-state index in [1.807, 2.05) is 4.90 Å². The lowest BCUT2D eigenvalue weighted by atomic mass is 10.2. The number of amides is 1. The van der Waals surface area contributed by atoms with Crippen molar-refractivity contribution in [2.45, 2.75) is 19.4 Å². The summed E-state index contributed by atoms with van der Waals surface area (Å²) >= 11 is 3.51. The molecule has 0 bridgehead atoms. The van der Waals surface area contributed by atoms with E-state index in [9.17, 15) is 4.79 Å². The van der Waals surface area contributed by atoms with E-state index in [2.05, 4.69) is 34.3 Å². The number of likely N-dealkylation sites (tertiary alicyclic amines) is 1. The van der Waals surface area contributed by atoms with Crippen LogP contribution in [0.4, 0.5) is 0 Å². The standard InChI is InChI=1S/C15H18N2OS2/c18-15(17-5-1-2-6-17)10-16-9-13-8-12(11-20-13)14-4-3-7-19-14/h3-4,7-8,11,16H,1-2,5-6,9-10H2. The fourth-order valence-electron chi connectivity index (χ4n) is 2.42. The summed E-state index contributed by atoms with van der Waals surface area (Å²) in [6, 6.07) is 6.43. The zero-order chi connectivity index (χ0) is 13.8. The van der Waals surface area contributed by atoms with Crippen LogP contribution in [0.2, 0.25) is 0 Å². The Bertz CT molecular complexity index is 556. The molecule has 0 unspecified atom stereocenters. The summed E-state index contributed by atoms with van der Waals surface area (Å²) in [5.41, 5.74) is 1.28. The zero-order valence-electron chi connectivity index (χ0n) is 11.3. The highest BCUT2D eigenvalue weighted by Gasteiger charge is 2.17. The Kier molecular flexibility index (Phi) is 4.50. The van der Waals surface area contributed by atoms with Gasteiger partial charge in [0, 0.05) is 35.0 Å². The third-order valence-corrected chi connectivity index (χ3v) is 5.35. The molecule has 1 aliphatic rings. The third kappa shape index (κ3) is 3.29. The summed E-state index contributed by atoms with van der Waals surface area (Å²) in [6.45, 7) is 3.09. The molecule has 2 aromatic rings. The van der Waals surface area contributed by atoms with Crippen LogP contribution in [-0.2, 0) is 11.3 Å². The molecule has 1 amide bonds. The molecule has 0 saturated carbocycles. The lowest BCUT2D eigenvalue weighted by molar-refractivity contribution is -0.129. The fourth-order valence-corrected chi connectivity index (χ4v) is 4.06. The quantitative estimate of drug-likeness (QED) is 0.920. The van der Waals surface area contributed by atoms with Crippen LogP contribution in [0.25, 0.3) is 10.4 Å². The average Bonchev–Trinajstić information content (AvgIpc) is 3.20. The van der Waals surface area contributed by atoms with Crippen LogP contribution in [0.15, 0.2) is 29.0 Å². The summed E-state index contributed by atoms with van der Waals surface area (Å²) in [5, 5.41) is 7.54. The molecule has 5 heteroatoms. The van der Waals surface area contributed by atoms with Gasteiger partial charge in [-0.1, -0.05) is 6.07 Å². The van der Waals surface area contributed by atoms with Crippen molar-refractivity contribution in [3.63, 3.8) is 0 Å². The van der Waals surface area contributed by atoms with Crippen LogP contribution in [-0.4, -0.2) is 30.4 Å². The maximum Gasteiger partial charge on any atom is 0.236 e. The highest BCUT2D eigenvalue weighted by Crippen LogP contribution is 2.29. The lowest BCUT2D eigenvalue weighted by Crippen LogP contribution is -2.35. The van der Waals surface area contributed by atoms with Crippen LogP contribution in [0, 0.1) is 0 Å². The van der Waals surface area contributed by atoms with Crippen molar-refractivity contribution in [2.75, 3.05) is 19.6 Å². The highest BCUT2D eigenvalue weighted by atomic mass is 32.1. The molecule has 0 aliphatic carbocycles. The van der Waals surface area contributed by atoms with Crippen LogP contribution >= 0.6 is 22.7 Å². The summed E-state index contributed by atoms with van der Waals surface area (Å²) in [4.78, 5) is 16.4. The Labute approximate surface area is 127 Å². The Morgan fingerprint density at radius 1 is 1.30 bits per heavy atom. The smallest absolute Gasteiger partial charge is 0.236 e. The number of hydrogen-bond donors (Lipinski definition) is 1. The van der Waals surface area contributed by atoms with Crippen molar-refractivity contribution >= 4 is 28.6 Å². The molecule has 106 valence electrons. The van der Waals surface area contributed by atoms with Crippen molar-refractivity contribution < 1.29 is 4.79 Å². The molecule has 3 heterocycles. The van der Waals surface area contributed by atoms with Crippen LogP contribution < -0.4 is 5.32 Å². The van der Waals surface area contributed by atoms with E-state index in [4.69, 9.17) is 0 Å². The Balaban J connectivity index is 1.48. The minimum absolute atomic E-state index is 0.234. The van der Waals surface area contributed by atoms with E-state index in [1.165, 1.54) is 15.3 Å². The van der Waals surface area contributed by atoms with Crippen molar-refractivity contribution in [2.24, 2.45) is 0 Å². The molecule has 0 radical (unpaired) electrons. The molecule has 0 atom stereocenters. The first-order valence-corrected chi connectivity index (χ1v) is 8.68. The molecule has 1 fully saturated rings. The first-order valence-electron chi connectivity index (χ1n) is 6.93. The van der Waals surface area contributed by atoms with Gasteiger partial charge in [0.1, 0.15) is 0 Å². The number of nitrogens with one attached hydrogen (secondary N) is 1. The number of nitrogens with zero attached hydrogens (tertiary/aromatic N) is 1. The van der Waals surface area contributed by atoms with Gasteiger partial charge < -0.3 is 10.2 Å². The number of rotatable bonds is 5. The minimum atomic E-state index is 0.234. The van der Waals surface area contributed by atoms with Gasteiger partial charge >= 0.3 is 0 Å². The molecule has 2 aromatic heterocycles. The normalized spacial score (nSPS) is 14.9. The molecular formula is C15H18N2OS2. The lowest BCUT2D eigenvalue weighted by Gasteiger charge is -2.15. The summed E-state index contributed by atoms with van der Waals surface area (Å²) in [7, 11) is 0. The molecular weight excluding hydrogens is 288 g/mol.